The Morgan fingerprint density at radius 3 is 2.37 bits per heavy atom. The van der Waals surface area contributed by atoms with E-state index in [-0.39, 0.29) is 12.6 Å². The van der Waals surface area contributed by atoms with Gasteiger partial charge in [-0.3, -0.25) is 4.79 Å². The van der Waals surface area contributed by atoms with Crippen LogP contribution in [0.5, 0.6) is 5.75 Å². The third kappa shape index (κ3) is 6.46. The molecule has 2 amide bonds. The summed E-state index contributed by atoms with van der Waals surface area (Å²) in [6.07, 6.45) is -2.40. The molecule has 190 valence electrons. The molecule has 9 heteroatoms. The zero-order chi connectivity index (χ0) is 25.8. The topological polar surface area (TPSA) is 76.7 Å². The van der Waals surface area contributed by atoms with Gasteiger partial charge in [0.2, 0.25) is 0 Å². The predicted molar refractivity (Wildman–Crippen MR) is 126 cm³/mol. The second kappa shape index (κ2) is 11.0. The van der Waals surface area contributed by atoms with Crippen molar-refractivity contribution in [3.8, 4) is 16.9 Å². The van der Waals surface area contributed by atoms with Crippen LogP contribution >= 0.6 is 0 Å². The zero-order valence-electron chi connectivity index (χ0n) is 20.3. The second-order valence-electron chi connectivity index (χ2n) is 8.59. The fraction of sp³-hybridized carbons (Fsp3) is 0.462. The van der Waals surface area contributed by atoms with Gasteiger partial charge in [0.15, 0.2) is 0 Å². The molecule has 0 aromatic heterocycles. The van der Waals surface area contributed by atoms with Gasteiger partial charge < -0.3 is 20.1 Å². The third-order valence-corrected chi connectivity index (χ3v) is 6.03. The van der Waals surface area contributed by atoms with Crippen molar-refractivity contribution in [2.75, 3.05) is 13.7 Å². The molecule has 6 nitrogen and oxygen atoms in total. The summed E-state index contributed by atoms with van der Waals surface area (Å²) in [5.74, 6) is -0.550. The van der Waals surface area contributed by atoms with Crippen LogP contribution in [0.15, 0.2) is 36.4 Å². The van der Waals surface area contributed by atoms with E-state index in [1.807, 2.05) is 0 Å². The first-order chi connectivity index (χ1) is 16.6. The molecule has 0 aliphatic heterocycles. The Morgan fingerprint density at radius 2 is 1.80 bits per heavy atom. The molecule has 0 spiro atoms. The number of carbonyl (C=O) groups is 2. The Kier molecular flexibility index (Phi) is 8.30. The molecule has 1 saturated carbocycles. The van der Waals surface area contributed by atoms with Crippen LogP contribution in [0.1, 0.15) is 68.7 Å². The van der Waals surface area contributed by atoms with Gasteiger partial charge in [0, 0.05) is 11.6 Å². The van der Waals surface area contributed by atoms with Crippen LogP contribution in [-0.4, -0.2) is 31.8 Å². The van der Waals surface area contributed by atoms with E-state index >= 15 is 0 Å². The lowest BCUT2D eigenvalue weighted by molar-refractivity contribution is -0.144. The van der Waals surface area contributed by atoms with E-state index in [0.717, 1.165) is 25.0 Å². The molecule has 0 heterocycles. The lowest BCUT2D eigenvalue weighted by Crippen LogP contribution is -2.39. The fourth-order valence-electron chi connectivity index (χ4n) is 3.89. The van der Waals surface area contributed by atoms with Crippen molar-refractivity contribution in [2.24, 2.45) is 0 Å². The monoisotopic (exact) mass is 492 g/mol. The van der Waals surface area contributed by atoms with Crippen LogP contribution in [-0.2, 0) is 15.7 Å². The molecule has 0 bridgehead atoms. The average molecular weight is 493 g/mol. The summed E-state index contributed by atoms with van der Waals surface area (Å²) >= 11 is 0. The highest BCUT2D eigenvalue weighted by atomic mass is 19.4. The van der Waals surface area contributed by atoms with Gasteiger partial charge in [-0.05, 0) is 74.1 Å². The molecule has 1 fully saturated rings. The van der Waals surface area contributed by atoms with Gasteiger partial charge in [0.25, 0.3) is 0 Å². The molecule has 0 radical (unpaired) electrons. The maximum Gasteiger partial charge on any atom is 0.416 e. The number of urea groups is 1. The Morgan fingerprint density at radius 1 is 1.09 bits per heavy atom. The van der Waals surface area contributed by atoms with Crippen LogP contribution in [0.4, 0.5) is 18.0 Å². The lowest BCUT2D eigenvalue weighted by Gasteiger charge is -2.24. The van der Waals surface area contributed by atoms with E-state index in [2.05, 4.69) is 10.6 Å². The maximum absolute atomic E-state index is 13.6. The maximum atomic E-state index is 13.6. The number of hydrogen-bond acceptors (Lipinski definition) is 4. The van der Waals surface area contributed by atoms with Crippen LogP contribution in [0.25, 0.3) is 11.1 Å². The van der Waals surface area contributed by atoms with Gasteiger partial charge in [-0.1, -0.05) is 19.1 Å². The number of halogens is 3. The van der Waals surface area contributed by atoms with Crippen LogP contribution in [0.2, 0.25) is 0 Å². The Hall–Kier alpha value is -3.23. The SMILES string of the molecule is CCOC(=O)C(C)c1ccc(OC)c(-c2ccc(C(F)(F)F)cc2C(CC)NC(=O)NC2CC2)c1. The van der Waals surface area contributed by atoms with Crippen molar-refractivity contribution in [1.29, 1.82) is 0 Å². The highest BCUT2D eigenvalue weighted by Gasteiger charge is 2.33. The van der Waals surface area contributed by atoms with Crippen LogP contribution in [0.3, 0.4) is 0 Å². The Labute approximate surface area is 203 Å². The number of ether oxygens (including phenoxy) is 2. The molecule has 3 rings (SSSR count). The van der Waals surface area contributed by atoms with Gasteiger partial charge in [0.1, 0.15) is 5.75 Å². The van der Waals surface area contributed by atoms with Gasteiger partial charge in [-0.15, -0.1) is 0 Å². The molecule has 2 aromatic carbocycles. The standard InChI is InChI=1S/C26H31F3N2O4/c1-5-22(31-25(33)30-18-9-10-18)20-14-17(26(27,28)29)8-11-19(20)21-13-16(7-12-23(21)34-4)15(3)24(32)35-6-2/h7-8,11-15,18,22H,5-6,9-10H2,1-4H3,(H2,30,31,33). The number of hydrogen-bond donors (Lipinski definition) is 2. The third-order valence-electron chi connectivity index (χ3n) is 6.03. The smallest absolute Gasteiger partial charge is 0.416 e. The first-order valence-electron chi connectivity index (χ1n) is 11.7. The van der Waals surface area contributed by atoms with E-state index in [9.17, 15) is 22.8 Å². The van der Waals surface area contributed by atoms with Crippen molar-refractivity contribution in [3.05, 3.63) is 53.1 Å². The van der Waals surface area contributed by atoms with Crippen LogP contribution < -0.4 is 15.4 Å². The number of nitrogens with one attached hydrogen (secondary N) is 2. The lowest BCUT2D eigenvalue weighted by atomic mass is 9.89. The molecule has 1 aliphatic rings. The Bertz CT molecular complexity index is 1070. The highest BCUT2D eigenvalue weighted by molar-refractivity contribution is 5.81. The van der Waals surface area contributed by atoms with Crippen LogP contribution in [0, 0.1) is 0 Å². The predicted octanol–water partition coefficient (Wildman–Crippen LogP) is 5.96. The number of alkyl halides is 3. The second-order valence-corrected chi connectivity index (χ2v) is 8.59. The fourth-order valence-corrected chi connectivity index (χ4v) is 3.89. The summed E-state index contributed by atoms with van der Waals surface area (Å²) in [6.45, 7) is 5.45. The normalized spacial score (nSPS) is 15.2. The minimum atomic E-state index is -4.55. The molecular formula is C26H31F3N2O4. The van der Waals surface area contributed by atoms with Crippen molar-refractivity contribution in [3.63, 3.8) is 0 Å². The summed E-state index contributed by atoms with van der Waals surface area (Å²) in [7, 11) is 1.47. The van der Waals surface area contributed by atoms with Gasteiger partial charge >= 0.3 is 18.2 Å². The quantitative estimate of drug-likeness (QED) is 0.424. The number of carbonyl (C=O) groups excluding carboxylic acids is 2. The summed E-state index contributed by atoms with van der Waals surface area (Å²) in [5, 5.41) is 5.64. The van der Waals surface area contributed by atoms with E-state index < -0.39 is 35.7 Å². The van der Waals surface area contributed by atoms with E-state index in [1.165, 1.54) is 13.2 Å². The average Bonchev–Trinajstić information content (AvgIpc) is 3.64. The first kappa shape index (κ1) is 26.4. The van der Waals surface area contributed by atoms with Crippen molar-refractivity contribution >= 4 is 12.0 Å². The number of benzene rings is 2. The number of rotatable bonds is 9. The molecule has 2 unspecified atom stereocenters. The molecule has 2 atom stereocenters. The Balaban J connectivity index is 2.11. The summed E-state index contributed by atoms with van der Waals surface area (Å²) < 4.78 is 51.5. The van der Waals surface area contributed by atoms with Gasteiger partial charge in [-0.2, -0.15) is 13.2 Å². The zero-order valence-corrected chi connectivity index (χ0v) is 20.3. The first-order valence-corrected chi connectivity index (χ1v) is 11.7. The van der Waals surface area contributed by atoms with Crippen molar-refractivity contribution in [2.45, 2.75) is 64.2 Å². The molecule has 1 aliphatic carbocycles. The number of amides is 2. The van der Waals surface area contributed by atoms with Gasteiger partial charge in [-0.25, -0.2) is 4.79 Å². The minimum absolute atomic E-state index is 0.106. The van der Waals surface area contributed by atoms with E-state index in [4.69, 9.17) is 9.47 Å². The molecule has 0 saturated heterocycles. The van der Waals surface area contributed by atoms with Crippen molar-refractivity contribution < 1.29 is 32.2 Å². The summed E-state index contributed by atoms with van der Waals surface area (Å²) in [5.41, 5.74) is 1.14. The highest BCUT2D eigenvalue weighted by Crippen LogP contribution is 2.41. The van der Waals surface area contributed by atoms with E-state index in [0.29, 0.717) is 34.4 Å². The van der Waals surface area contributed by atoms with Gasteiger partial charge in [0.05, 0.1) is 31.2 Å². The molecule has 35 heavy (non-hydrogen) atoms. The van der Waals surface area contributed by atoms with Crippen molar-refractivity contribution in [1.82, 2.24) is 10.6 Å². The molecular weight excluding hydrogens is 461 g/mol. The van der Waals surface area contributed by atoms with E-state index in [1.54, 1.807) is 39.0 Å². The summed E-state index contributed by atoms with van der Waals surface area (Å²) in [6, 6.07) is 7.61. The molecule has 2 aromatic rings. The molecule has 2 N–H and O–H groups in total. The number of methoxy groups -OCH3 is 1. The largest absolute Gasteiger partial charge is 0.496 e. The minimum Gasteiger partial charge on any atom is -0.496 e. The summed E-state index contributed by atoms with van der Waals surface area (Å²) in [4.78, 5) is 24.8. The number of esters is 1.